The molecule has 3 N–H and O–H groups in total. The van der Waals surface area contributed by atoms with Crippen LogP contribution in [0.25, 0.3) is 0 Å². The Balaban J connectivity index is 4.21. The van der Waals surface area contributed by atoms with Gasteiger partial charge in [-0.3, -0.25) is 19.2 Å². The van der Waals surface area contributed by atoms with E-state index in [2.05, 4.69) is 5.32 Å². The minimum absolute atomic E-state index is 0.114. The van der Waals surface area contributed by atoms with Crippen molar-refractivity contribution < 1.29 is 19.2 Å². The molecule has 0 aliphatic carbocycles. The Kier molecular flexibility index (Phi) is 8.76. The lowest BCUT2D eigenvalue weighted by Crippen LogP contribution is -2.46. The van der Waals surface area contributed by atoms with Crippen molar-refractivity contribution in [2.75, 3.05) is 53.9 Å². The summed E-state index contributed by atoms with van der Waals surface area (Å²) in [6, 6.07) is 0. The molecular formula is C13H25N5O4. The summed E-state index contributed by atoms with van der Waals surface area (Å²) in [5.74, 6) is -1.41. The number of nitrogens with two attached hydrogens (primary N) is 1. The molecule has 126 valence electrons. The highest BCUT2D eigenvalue weighted by Crippen LogP contribution is 1.90. The number of hydrogen-bond acceptors (Lipinski definition) is 5. The lowest BCUT2D eigenvalue weighted by molar-refractivity contribution is -0.140. The molecule has 0 saturated heterocycles. The number of hydrogen-bond donors (Lipinski definition) is 2. The Labute approximate surface area is 130 Å². The van der Waals surface area contributed by atoms with Gasteiger partial charge in [-0.2, -0.15) is 0 Å². The Hall–Kier alpha value is -2.16. The maximum atomic E-state index is 11.8. The van der Waals surface area contributed by atoms with Gasteiger partial charge in [0, 0.05) is 27.7 Å². The van der Waals surface area contributed by atoms with Crippen LogP contribution in [-0.4, -0.2) is 92.2 Å². The number of nitrogens with one attached hydrogen (secondary N) is 1. The van der Waals surface area contributed by atoms with E-state index in [9.17, 15) is 19.2 Å². The molecule has 0 heterocycles. The summed E-state index contributed by atoms with van der Waals surface area (Å²) in [6.45, 7) is 1.74. The van der Waals surface area contributed by atoms with Crippen LogP contribution in [0.15, 0.2) is 0 Å². The minimum Gasteiger partial charge on any atom is -0.345 e. The van der Waals surface area contributed by atoms with Crippen molar-refractivity contribution in [1.29, 1.82) is 0 Å². The molecule has 0 bridgehead atoms. The third-order valence-electron chi connectivity index (χ3n) is 3.12. The molecule has 9 heteroatoms. The molecule has 0 rings (SSSR count). The zero-order chi connectivity index (χ0) is 17.3. The fourth-order valence-electron chi connectivity index (χ4n) is 1.41. The predicted molar refractivity (Wildman–Crippen MR) is 80.6 cm³/mol. The van der Waals surface area contributed by atoms with Gasteiger partial charge in [-0.05, 0) is 6.92 Å². The second-order valence-corrected chi connectivity index (χ2v) is 4.89. The van der Waals surface area contributed by atoms with Gasteiger partial charge in [0.15, 0.2) is 0 Å². The van der Waals surface area contributed by atoms with Crippen LogP contribution in [0, 0.1) is 0 Å². The van der Waals surface area contributed by atoms with E-state index in [4.69, 9.17) is 5.73 Å². The standard InChI is InChI=1S/C13H25N5O4/c1-5-16(2)12(21)7-15-10(19)8-17(3)13(22)9-18(4)11(20)6-14/h5-9,14H2,1-4H3,(H,15,19). The summed E-state index contributed by atoms with van der Waals surface area (Å²) in [5.41, 5.74) is 5.19. The molecular weight excluding hydrogens is 290 g/mol. The molecule has 0 aliphatic rings. The summed E-state index contributed by atoms with van der Waals surface area (Å²) >= 11 is 0. The van der Waals surface area contributed by atoms with E-state index in [0.29, 0.717) is 6.54 Å². The van der Waals surface area contributed by atoms with E-state index in [1.165, 1.54) is 28.8 Å². The number of nitrogens with zero attached hydrogens (tertiary/aromatic N) is 3. The van der Waals surface area contributed by atoms with Crippen molar-refractivity contribution >= 4 is 23.6 Å². The van der Waals surface area contributed by atoms with E-state index in [1.54, 1.807) is 7.05 Å². The van der Waals surface area contributed by atoms with Crippen LogP contribution in [0.5, 0.6) is 0 Å². The average molecular weight is 315 g/mol. The Morgan fingerprint density at radius 2 is 1.41 bits per heavy atom. The van der Waals surface area contributed by atoms with Crippen LogP contribution in [0.1, 0.15) is 6.92 Å². The highest BCUT2D eigenvalue weighted by atomic mass is 16.2. The van der Waals surface area contributed by atoms with Crippen LogP contribution in [0.3, 0.4) is 0 Å². The van der Waals surface area contributed by atoms with Gasteiger partial charge in [-0.15, -0.1) is 0 Å². The molecule has 0 radical (unpaired) electrons. The van der Waals surface area contributed by atoms with E-state index in [0.717, 1.165) is 0 Å². The molecule has 22 heavy (non-hydrogen) atoms. The van der Waals surface area contributed by atoms with E-state index in [1.807, 2.05) is 6.92 Å². The van der Waals surface area contributed by atoms with Gasteiger partial charge in [-0.25, -0.2) is 0 Å². The van der Waals surface area contributed by atoms with Crippen molar-refractivity contribution in [2.45, 2.75) is 6.92 Å². The molecule has 0 unspecified atom stereocenters. The molecule has 0 saturated carbocycles. The smallest absolute Gasteiger partial charge is 0.242 e. The Morgan fingerprint density at radius 1 is 0.864 bits per heavy atom. The Bertz CT molecular complexity index is 427. The maximum absolute atomic E-state index is 11.8. The van der Waals surface area contributed by atoms with Gasteiger partial charge >= 0.3 is 0 Å². The first-order valence-electron chi connectivity index (χ1n) is 6.91. The fourth-order valence-corrected chi connectivity index (χ4v) is 1.41. The SMILES string of the molecule is CCN(C)C(=O)CNC(=O)CN(C)C(=O)CN(C)C(=O)CN. The van der Waals surface area contributed by atoms with Gasteiger partial charge in [0.1, 0.15) is 0 Å². The lowest BCUT2D eigenvalue weighted by Gasteiger charge is -2.21. The molecule has 4 amide bonds. The lowest BCUT2D eigenvalue weighted by atomic mass is 10.4. The zero-order valence-corrected chi connectivity index (χ0v) is 13.6. The van der Waals surface area contributed by atoms with Gasteiger partial charge in [-0.1, -0.05) is 0 Å². The zero-order valence-electron chi connectivity index (χ0n) is 13.6. The molecule has 0 spiro atoms. The molecule has 0 aromatic rings. The van der Waals surface area contributed by atoms with Crippen molar-refractivity contribution in [1.82, 2.24) is 20.0 Å². The molecule has 0 aromatic heterocycles. The summed E-state index contributed by atoms with van der Waals surface area (Å²) in [7, 11) is 4.54. The molecule has 0 aliphatic heterocycles. The molecule has 0 fully saturated rings. The van der Waals surface area contributed by atoms with Gasteiger partial charge in [0.25, 0.3) is 0 Å². The van der Waals surface area contributed by atoms with Crippen LogP contribution in [0.4, 0.5) is 0 Å². The summed E-state index contributed by atoms with van der Waals surface area (Å²) < 4.78 is 0. The number of carbonyl (C=O) groups excluding carboxylic acids is 4. The van der Waals surface area contributed by atoms with Crippen molar-refractivity contribution in [2.24, 2.45) is 5.73 Å². The van der Waals surface area contributed by atoms with E-state index >= 15 is 0 Å². The fraction of sp³-hybridized carbons (Fsp3) is 0.692. The maximum Gasteiger partial charge on any atom is 0.242 e. The van der Waals surface area contributed by atoms with Gasteiger partial charge in [0.05, 0.1) is 26.2 Å². The molecule has 0 aromatic carbocycles. The van der Waals surface area contributed by atoms with Crippen molar-refractivity contribution in [3.8, 4) is 0 Å². The Morgan fingerprint density at radius 3 is 1.91 bits per heavy atom. The summed E-state index contributed by atoms with van der Waals surface area (Å²) in [6.07, 6.45) is 0. The largest absolute Gasteiger partial charge is 0.345 e. The molecule has 9 nitrogen and oxygen atoms in total. The van der Waals surface area contributed by atoms with Crippen LogP contribution < -0.4 is 11.1 Å². The first-order valence-corrected chi connectivity index (χ1v) is 6.91. The summed E-state index contributed by atoms with van der Waals surface area (Å²) in [4.78, 5) is 50.2. The van der Waals surface area contributed by atoms with E-state index in [-0.39, 0.29) is 38.0 Å². The number of carbonyl (C=O) groups is 4. The first kappa shape index (κ1) is 19.8. The third kappa shape index (κ3) is 7.02. The van der Waals surface area contributed by atoms with Crippen LogP contribution >= 0.6 is 0 Å². The van der Waals surface area contributed by atoms with Crippen LogP contribution in [-0.2, 0) is 19.2 Å². The monoisotopic (exact) mass is 315 g/mol. The quantitative estimate of drug-likeness (QED) is 0.512. The normalized spacial score (nSPS) is 9.86. The number of rotatable bonds is 8. The third-order valence-corrected chi connectivity index (χ3v) is 3.12. The predicted octanol–water partition coefficient (Wildman–Crippen LogP) is -2.54. The topological polar surface area (TPSA) is 116 Å². The molecule has 0 atom stereocenters. The van der Waals surface area contributed by atoms with Crippen molar-refractivity contribution in [3.63, 3.8) is 0 Å². The number of likely N-dealkylation sites (N-methyl/N-ethyl adjacent to an activating group) is 3. The second kappa shape index (κ2) is 9.72. The highest BCUT2D eigenvalue weighted by molar-refractivity contribution is 5.90. The van der Waals surface area contributed by atoms with E-state index < -0.39 is 11.8 Å². The average Bonchev–Trinajstić information content (AvgIpc) is 2.50. The van der Waals surface area contributed by atoms with Crippen LogP contribution in [0.2, 0.25) is 0 Å². The van der Waals surface area contributed by atoms with Gasteiger partial charge in [0.2, 0.25) is 23.6 Å². The van der Waals surface area contributed by atoms with Crippen molar-refractivity contribution in [3.05, 3.63) is 0 Å². The minimum atomic E-state index is -0.443. The first-order chi connectivity index (χ1) is 10.2. The highest BCUT2D eigenvalue weighted by Gasteiger charge is 2.17. The second-order valence-electron chi connectivity index (χ2n) is 4.89. The number of amides is 4. The summed E-state index contributed by atoms with van der Waals surface area (Å²) in [5, 5.41) is 2.45. The van der Waals surface area contributed by atoms with Gasteiger partial charge < -0.3 is 25.8 Å².